The Morgan fingerprint density at radius 1 is 1.13 bits per heavy atom. The minimum atomic E-state index is -0.638. The molecule has 0 bridgehead atoms. The quantitative estimate of drug-likeness (QED) is 0.261. The average molecular weight is 509 g/mol. The molecule has 2 heterocycles. The number of pyridine rings is 1. The van der Waals surface area contributed by atoms with Gasteiger partial charge in [0, 0.05) is 46.5 Å². The van der Waals surface area contributed by atoms with Crippen LogP contribution in [0.4, 0.5) is 0 Å². The van der Waals surface area contributed by atoms with Crippen LogP contribution in [-0.2, 0) is 17.6 Å². The molecule has 5 rings (SSSR count). The summed E-state index contributed by atoms with van der Waals surface area (Å²) in [6, 6.07) is 21.5. The second kappa shape index (κ2) is 11.1. The molecule has 38 heavy (non-hydrogen) atoms. The van der Waals surface area contributed by atoms with Gasteiger partial charge < -0.3 is 24.9 Å². The summed E-state index contributed by atoms with van der Waals surface area (Å²) < 4.78 is 11.9. The highest BCUT2D eigenvalue weighted by Crippen LogP contribution is 2.34. The summed E-state index contributed by atoms with van der Waals surface area (Å²) in [7, 11) is 0. The number of benzene rings is 2. The number of hydrogen-bond donors (Lipinski definition) is 3. The van der Waals surface area contributed by atoms with E-state index in [4.69, 9.17) is 14.7 Å². The van der Waals surface area contributed by atoms with Crippen molar-refractivity contribution < 1.29 is 14.6 Å². The molecule has 0 saturated carbocycles. The zero-order valence-electron chi connectivity index (χ0n) is 21.7. The Kier molecular flexibility index (Phi) is 7.45. The summed E-state index contributed by atoms with van der Waals surface area (Å²) in [6.45, 7) is 4.89. The van der Waals surface area contributed by atoms with E-state index >= 15 is 0 Å². The molecule has 0 fully saturated rings. The van der Waals surface area contributed by atoms with E-state index in [-0.39, 0.29) is 12.1 Å². The summed E-state index contributed by atoms with van der Waals surface area (Å²) >= 11 is 0. The summed E-state index contributed by atoms with van der Waals surface area (Å²) in [6.07, 6.45) is 5.64. The number of nitrogens with one attached hydrogen (secondary N) is 2. The number of nitrogens with zero attached hydrogens (tertiary/aromatic N) is 2. The maximum Gasteiger partial charge on any atom is 0.219 e. The lowest BCUT2D eigenvalue weighted by atomic mass is 9.94. The normalized spacial score (nSPS) is 13.9. The van der Waals surface area contributed by atoms with Crippen LogP contribution in [0.3, 0.4) is 0 Å². The summed E-state index contributed by atoms with van der Waals surface area (Å²) in [5, 5.41) is 24.2. The van der Waals surface area contributed by atoms with E-state index in [0.717, 1.165) is 47.1 Å². The van der Waals surface area contributed by atoms with E-state index in [0.29, 0.717) is 23.7 Å². The van der Waals surface area contributed by atoms with Gasteiger partial charge >= 0.3 is 0 Å². The zero-order valence-corrected chi connectivity index (χ0v) is 21.7. The number of allylic oxidation sites excluding steroid dienone is 1. The van der Waals surface area contributed by atoms with Crippen molar-refractivity contribution in [2.75, 3.05) is 13.2 Å². The molecule has 0 aliphatic heterocycles. The largest absolute Gasteiger partial charge is 0.490 e. The number of fused-ring (bicyclic) bond motifs is 3. The highest BCUT2D eigenvalue weighted by molar-refractivity contribution is 5.93. The summed E-state index contributed by atoms with van der Waals surface area (Å²) in [4.78, 5) is 7.64. The van der Waals surface area contributed by atoms with E-state index in [1.54, 1.807) is 12.1 Å². The van der Waals surface area contributed by atoms with Crippen LogP contribution in [0.25, 0.3) is 16.7 Å². The van der Waals surface area contributed by atoms with E-state index in [2.05, 4.69) is 47.3 Å². The fourth-order valence-corrected chi connectivity index (χ4v) is 4.76. The van der Waals surface area contributed by atoms with Gasteiger partial charge in [0.05, 0.1) is 5.56 Å². The first-order valence-electron chi connectivity index (χ1n) is 12.9. The zero-order chi connectivity index (χ0) is 26.5. The fourth-order valence-electron chi connectivity index (χ4n) is 4.76. The molecule has 1 aliphatic rings. The number of aryl methyl sites for hydroxylation is 1. The van der Waals surface area contributed by atoms with Gasteiger partial charge in [0.1, 0.15) is 30.3 Å². The van der Waals surface area contributed by atoms with Gasteiger partial charge in [-0.15, -0.1) is 0 Å². The van der Waals surface area contributed by atoms with E-state index in [9.17, 15) is 5.11 Å². The SMILES string of the molecule is CC(C)(Cc1ccc(Oc2ccc(C#N)cn2)cc1)NC[C@H](O)COC1=CCCc2[nH]c3ccccc3c21. The van der Waals surface area contributed by atoms with Gasteiger partial charge in [-0.2, -0.15) is 5.26 Å². The van der Waals surface area contributed by atoms with Crippen LogP contribution in [0.2, 0.25) is 0 Å². The fraction of sp³-hybridized carbons (Fsp3) is 0.290. The highest BCUT2D eigenvalue weighted by atomic mass is 16.5. The average Bonchev–Trinajstić information content (AvgIpc) is 3.31. The molecule has 194 valence electrons. The molecular formula is C31H32N4O3. The van der Waals surface area contributed by atoms with Crippen LogP contribution in [0.15, 0.2) is 72.9 Å². The van der Waals surface area contributed by atoms with Crippen molar-refractivity contribution in [2.45, 2.75) is 44.8 Å². The van der Waals surface area contributed by atoms with Crippen molar-refractivity contribution in [1.82, 2.24) is 15.3 Å². The lowest BCUT2D eigenvalue weighted by Gasteiger charge is -2.28. The monoisotopic (exact) mass is 508 g/mol. The number of ether oxygens (including phenoxy) is 2. The Labute approximate surface area is 222 Å². The van der Waals surface area contributed by atoms with Gasteiger partial charge in [-0.1, -0.05) is 30.3 Å². The molecule has 7 heteroatoms. The molecule has 1 atom stereocenters. The van der Waals surface area contributed by atoms with Crippen LogP contribution in [-0.4, -0.2) is 39.9 Å². The van der Waals surface area contributed by atoms with Gasteiger partial charge in [-0.25, -0.2) is 4.98 Å². The van der Waals surface area contributed by atoms with Crippen molar-refractivity contribution in [3.8, 4) is 17.7 Å². The predicted molar refractivity (Wildman–Crippen MR) is 148 cm³/mol. The number of aliphatic hydroxyl groups is 1. The Morgan fingerprint density at radius 3 is 2.71 bits per heavy atom. The van der Waals surface area contributed by atoms with E-state index in [1.165, 1.54) is 11.9 Å². The molecule has 2 aromatic carbocycles. The Balaban J connectivity index is 1.11. The molecule has 7 nitrogen and oxygen atoms in total. The van der Waals surface area contributed by atoms with E-state index < -0.39 is 6.10 Å². The third kappa shape index (κ3) is 6.05. The van der Waals surface area contributed by atoms with Crippen molar-refractivity contribution in [3.05, 3.63) is 95.3 Å². The number of nitriles is 1. The molecule has 2 aromatic heterocycles. The van der Waals surface area contributed by atoms with Crippen molar-refractivity contribution in [3.63, 3.8) is 0 Å². The smallest absolute Gasteiger partial charge is 0.219 e. The first-order valence-corrected chi connectivity index (χ1v) is 12.9. The molecule has 3 N–H and O–H groups in total. The predicted octanol–water partition coefficient (Wildman–Crippen LogP) is 5.50. The van der Waals surface area contributed by atoms with Crippen LogP contribution < -0.4 is 10.1 Å². The second-order valence-electron chi connectivity index (χ2n) is 10.3. The first kappa shape index (κ1) is 25.5. The number of H-pyrrole nitrogens is 1. The standard InChI is InChI=1S/C31H32N4O3/c1-31(2,16-21-10-13-24(14-11-21)38-29-15-12-22(17-32)18-33-29)34-19-23(36)20-37-28-9-5-8-27-30(28)25-6-3-4-7-26(25)35-27/h3-4,6-7,9-15,18,23,34-36H,5,8,16,19-20H2,1-2H3/t23-/m0/s1. The summed E-state index contributed by atoms with van der Waals surface area (Å²) in [5.74, 6) is 1.97. The molecule has 0 amide bonds. The van der Waals surface area contributed by atoms with Gasteiger partial charge in [-0.05, 0) is 69.0 Å². The van der Waals surface area contributed by atoms with Crippen molar-refractivity contribution >= 4 is 16.7 Å². The van der Waals surface area contributed by atoms with Gasteiger partial charge in [0.15, 0.2) is 0 Å². The van der Waals surface area contributed by atoms with Crippen LogP contribution in [0.5, 0.6) is 11.6 Å². The Hall–Kier alpha value is -4.12. The molecule has 0 unspecified atom stereocenters. The molecule has 0 saturated heterocycles. The maximum atomic E-state index is 10.7. The minimum absolute atomic E-state index is 0.225. The topological polar surface area (TPSA) is 103 Å². The number of para-hydroxylation sites is 1. The summed E-state index contributed by atoms with van der Waals surface area (Å²) in [5.41, 5.74) is 4.84. The number of rotatable bonds is 10. The number of aromatic nitrogens is 2. The molecule has 4 aromatic rings. The minimum Gasteiger partial charge on any atom is -0.490 e. The Morgan fingerprint density at radius 2 is 1.95 bits per heavy atom. The molecular weight excluding hydrogens is 476 g/mol. The van der Waals surface area contributed by atoms with Crippen LogP contribution >= 0.6 is 0 Å². The lowest BCUT2D eigenvalue weighted by Crippen LogP contribution is -2.45. The van der Waals surface area contributed by atoms with Crippen LogP contribution in [0, 0.1) is 11.3 Å². The molecule has 0 spiro atoms. The number of hydrogen-bond acceptors (Lipinski definition) is 6. The third-order valence-electron chi connectivity index (χ3n) is 6.66. The highest BCUT2D eigenvalue weighted by Gasteiger charge is 2.22. The van der Waals surface area contributed by atoms with Crippen LogP contribution in [0.1, 0.15) is 42.7 Å². The Bertz CT molecular complexity index is 1460. The van der Waals surface area contributed by atoms with E-state index in [1.807, 2.05) is 42.5 Å². The molecule has 0 radical (unpaired) electrons. The van der Waals surface area contributed by atoms with Crippen molar-refractivity contribution in [1.29, 1.82) is 5.26 Å². The van der Waals surface area contributed by atoms with Crippen molar-refractivity contribution in [2.24, 2.45) is 0 Å². The first-order chi connectivity index (χ1) is 18.4. The molecule has 1 aliphatic carbocycles. The number of aliphatic hydroxyl groups excluding tert-OH is 1. The number of β-amino-alcohol motifs (C(OH)–C–C–N with tert-alkyl or cyclic N) is 1. The van der Waals surface area contributed by atoms with Gasteiger partial charge in [0.2, 0.25) is 5.88 Å². The van der Waals surface area contributed by atoms with Gasteiger partial charge in [0.25, 0.3) is 0 Å². The third-order valence-corrected chi connectivity index (χ3v) is 6.66. The second-order valence-corrected chi connectivity index (χ2v) is 10.3. The van der Waals surface area contributed by atoms with Gasteiger partial charge in [-0.3, -0.25) is 0 Å². The lowest BCUT2D eigenvalue weighted by molar-refractivity contribution is 0.0860. The number of aromatic amines is 1. The maximum absolute atomic E-state index is 10.7.